The van der Waals surface area contributed by atoms with Gasteiger partial charge in [0.1, 0.15) is 6.10 Å². The first-order valence-corrected chi connectivity index (χ1v) is 5.48. The van der Waals surface area contributed by atoms with Gasteiger partial charge in [-0.2, -0.15) is 0 Å². The summed E-state index contributed by atoms with van der Waals surface area (Å²) in [6, 6.07) is 5.34. The molecular weight excluding hydrogens is 220 g/mol. The molecule has 0 aliphatic rings. The van der Waals surface area contributed by atoms with E-state index < -0.39 is 6.10 Å². The molecule has 0 fully saturated rings. The molecule has 1 atom stereocenters. The Morgan fingerprint density at radius 3 is 2.35 bits per heavy atom. The second kappa shape index (κ2) is 6.25. The van der Waals surface area contributed by atoms with Crippen LogP contribution in [0.15, 0.2) is 18.2 Å². The lowest BCUT2D eigenvalue weighted by atomic mass is 10.1. The molecule has 0 aromatic heterocycles. The molecule has 0 radical (unpaired) electrons. The van der Waals surface area contributed by atoms with Crippen LogP contribution in [-0.2, 0) is 9.53 Å². The number of carbonyl (C=O) groups is 1. The van der Waals surface area contributed by atoms with E-state index >= 15 is 0 Å². The Kier molecular flexibility index (Phi) is 4.97. The van der Waals surface area contributed by atoms with E-state index in [-0.39, 0.29) is 5.78 Å². The number of rotatable bonds is 6. The molecule has 0 amide bonds. The summed E-state index contributed by atoms with van der Waals surface area (Å²) in [5, 5.41) is 0. The number of carbonyl (C=O) groups excluding carboxylic acids is 1. The number of Topliss-reactive ketones (excluding diaryl/α,β-unsaturated/α-hetero) is 1. The predicted octanol–water partition coefficient (Wildman–Crippen LogP) is 2.37. The van der Waals surface area contributed by atoms with E-state index in [4.69, 9.17) is 14.2 Å². The van der Waals surface area contributed by atoms with Crippen LogP contribution < -0.4 is 9.47 Å². The van der Waals surface area contributed by atoms with Crippen LogP contribution in [0, 0.1) is 0 Å². The number of benzene rings is 1. The summed E-state index contributed by atoms with van der Waals surface area (Å²) in [6.45, 7) is 3.85. The molecule has 1 aromatic carbocycles. The Bertz CT molecular complexity index is 387. The Balaban J connectivity index is 3.08. The quantitative estimate of drug-likeness (QED) is 0.763. The van der Waals surface area contributed by atoms with E-state index in [1.165, 1.54) is 6.92 Å². The average Bonchev–Trinajstić information content (AvgIpc) is 2.34. The minimum atomic E-state index is -0.542. The van der Waals surface area contributed by atoms with Crippen LogP contribution in [0.4, 0.5) is 0 Å². The van der Waals surface area contributed by atoms with Crippen LogP contribution in [0.25, 0.3) is 0 Å². The molecule has 94 valence electrons. The van der Waals surface area contributed by atoms with Crippen LogP contribution in [-0.4, -0.2) is 26.6 Å². The normalized spacial score (nSPS) is 12.0. The zero-order valence-corrected chi connectivity index (χ0v) is 10.6. The Labute approximate surface area is 101 Å². The lowest BCUT2D eigenvalue weighted by molar-refractivity contribution is -0.128. The van der Waals surface area contributed by atoms with Crippen molar-refractivity contribution in [1.29, 1.82) is 0 Å². The first-order chi connectivity index (χ1) is 8.13. The summed E-state index contributed by atoms with van der Waals surface area (Å²) < 4.78 is 15.8. The fraction of sp³-hybridized carbons (Fsp3) is 0.462. The third-order valence-electron chi connectivity index (χ3n) is 2.41. The molecule has 0 heterocycles. The Morgan fingerprint density at radius 2 is 1.88 bits per heavy atom. The monoisotopic (exact) mass is 238 g/mol. The van der Waals surface area contributed by atoms with Gasteiger partial charge in [0.05, 0.1) is 14.2 Å². The third-order valence-corrected chi connectivity index (χ3v) is 2.41. The maximum absolute atomic E-state index is 11.5. The van der Waals surface area contributed by atoms with E-state index in [1.54, 1.807) is 26.4 Å². The maximum atomic E-state index is 11.5. The van der Waals surface area contributed by atoms with Crippen molar-refractivity contribution in [1.82, 2.24) is 0 Å². The molecule has 4 nitrogen and oxygen atoms in total. The van der Waals surface area contributed by atoms with Gasteiger partial charge < -0.3 is 14.2 Å². The zero-order chi connectivity index (χ0) is 12.8. The van der Waals surface area contributed by atoms with Gasteiger partial charge in [-0.3, -0.25) is 4.79 Å². The van der Waals surface area contributed by atoms with Gasteiger partial charge in [-0.15, -0.1) is 0 Å². The van der Waals surface area contributed by atoms with Crippen molar-refractivity contribution in [3.8, 4) is 11.5 Å². The number of ketones is 1. The fourth-order valence-electron chi connectivity index (χ4n) is 1.63. The molecule has 17 heavy (non-hydrogen) atoms. The summed E-state index contributed by atoms with van der Waals surface area (Å²) in [5.74, 6) is 1.20. The highest BCUT2D eigenvalue weighted by Crippen LogP contribution is 2.31. The molecular formula is C13H18O4. The number of methoxy groups -OCH3 is 2. The van der Waals surface area contributed by atoms with Gasteiger partial charge in [0.2, 0.25) is 0 Å². The molecule has 0 aliphatic heterocycles. The largest absolute Gasteiger partial charge is 0.493 e. The molecule has 0 saturated heterocycles. The first kappa shape index (κ1) is 13.5. The standard InChI is InChI=1S/C13H18O4/c1-5-17-13(9(2)14)10-6-7-11(15-3)12(8-10)16-4/h6-8,13H,5H2,1-4H3. The van der Waals surface area contributed by atoms with E-state index in [2.05, 4.69) is 0 Å². The summed E-state index contributed by atoms with van der Waals surface area (Å²) in [4.78, 5) is 11.5. The molecule has 0 bridgehead atoms. The number of hydrogen-bond acceptors (Lipinski definition) is 4. The highest BCUT2D eigenvalue weighted by Gasteiger charge is 2.18. The van der Waals surface area contributed by atoms with E-state index in [9.17, 15) is 4.79 Å². The van der Waals surface area contributed by atoms with Gasteiger partial charge in [-0.05, 0) is 31.5 Å². The van der Waals surface area contributed by atoms with Gasteiger partial charge >= 0.3 is 0 Å². The van der Waals surface area contributed by atoms with Crippen LogP contribution in [0.1, 0.15) is 25.5 Å². The minimum Gasteiger partial charge on any atom is -0.493 e. The highest BCUT2D eigenvalue weighted by molar-refractivity contribution is 5.82. The second-order valence-corrected chi connectivity index (χ2v) is 3.56. The summed E-state index contributed by atoms with van der Waals surface area (Å²) in [7, 11) is 3.13. The van der Waals surface area contributed by atoms with Gasteiger partial charge in [0.25, 0.3) is 0 Å². The molecule has 1 rings (SSSR count). The Hall–Kier alpha value is -1.55. The van der Waals surface area contributed by atoms with Crippen molar-refractivity contribution in [2.24, 2.45) is 0 Å². The molecule has 0 aliphatic carbocycles. The summed E-state index contributed by atoms with van der Waals surface area (Å²) >= 11 is 0. The van der Waals surface area contributed by atoms with E-state index in [0.717, 1.165) is 5.56 Å². The SMILES string of the molecule is CCOC(C(C)=O)c1ccc(OC)c(OC)c1. The molecule has 0 N–H and O–H groups in total. The smallest absolute Gasteiger partial charge is 0.163 e. The minimum absolute atomic E-state index is 0.0286. The van der Waals surface area contributed by atoms with E-state index in [1.807, 2.05) is 13.0 Å². The first-order valence-electron chi connectivity index (χ1n) is 5.48. The molecule has 1 unspecified atom stereocenters. The van der Waals surface area contributed by atoms with Crippen LogP contribution in [0.3, 0.4) is 0 Å². The molecule has 1 aromatic rings. The van der Waals surface area contributed by atoms with Gasteiger partial charge in [0, 0.05) is 6.61 Å². The summed E-state index contributed by atoms with van der Waals surface area (Å²) in [6.07, 6.45) is -0.542. The van der Waals surface area contributed by atoms with Crippen molar-refractivity contribution in [2.45, 2.75) is 20.0 Å². The predicted molar refractivity (Wildman–Crippen MR) is 64.6 cm³/mol. The molecule has 0 spiro atoms. The van der Waals surface area contributed by atoms with Crippen LogP contribution in [0.5, 0.6) is 11.5 Å². The second-order valence-electron chi connectivity index (χ2n) is 3.56. The maximum Gasteiger partial charge on any atom is 0.163 e. The lowest BCUT2D eigenvalue weighted by Crippen LogP contribution is -2.13. The van der Waals surface area contributed by atoms with Gasteiger partial charge in [-0.25, -0.2) is 0 Å². The topological polar surface area (TPSA) is 44.8 Å². The fourth-order valence-corrected chi connectivity index (χ4v) is 1.63. The highest BCUT2D eigenvalue weighted by atomic mass is 16.5. The number of ether oxygens (including phenoxy) is 3. The summed E-state index contributed by atoms with van der Waals surface area (Å²) in [5.41, 5.74) is 0.775. The van der Waals surface area contributed by atoms with Crippen molar-refractivity contribution in [2.75, 3.05) is 20.8 Å². The zero-order valence-electron chi connectivity index (χ0n) is 10.6. The molecule has 4 heteroatoms. The van der Waals surface area contributed by atoms with Crippen LogP contribution >= 0.6 is 0 Å². The number of hydrogen-bond donors (Lipinski definition) is 0. The molecule has 0 saturated carbocycles. The average molecular weight is 238 g/mol. The van der Waals surface area contributed by atoms with Gasteiger partial charge in [-0.1, -0.05) is 6.07 Å². The van der Waals surface area contributed by atoms with Crippen molar-refractivity contribution >= 4 is 5.78 Å². The van der Waals surface area contributed by atoms with Crippen molar-refractivity contribution in [3.05, 3.63) is 23.8 Å². The third kappa shape index (κ3) is 3.20. The van der Waals surface area contributed by atoms with E-state index in [0.29, 0.717) is 18.1 Å². The van der Waals surface area contributed by atoms with Crippen molar-refractivity contribution < 1.29 is 19.0 Å². The van der Waals surface area contributed by atoms with Crippen LogP contribution in [0.2, 0.25) is 0 Å². The Morgan fingerprint density at radius 1 is 1.24 bits per heavy atom. The van der Waals surface area contributed by atoms with Gasteiger partial charge in [0.15, 0.2) is 17.3 Å². The van der Waals surface area contributed by atoms with Crippen molar-refractivity contribution in [3.63, 3.8) is 0 Å². The lowest BCUT2D eigenvalue weighted by Gasteiger charge is -2.16.